The van der Waals surface area contributed by atoms with Gasteiger partial charge in [0, 0.05) is 16.6 Å². The molecule has 4 rings (SSSR count). The number of carbonyl (C=O) groups is 1. The molecule has 3 aromatic rings. The second-order valence-electron chi connectivity index (χ2n) is 9.18. The van der Waals surface area contributed by atoms with Gasteiger partial charge in [-0.3, -0.25) is 9.36 Å². The third-order valence-corrected chi connectivity index (χ3v) is 7.53. The Morgan fingerprint density at radius 3 is 2.59 bits per heavy atom. The maximum Gasteiger partial charge on any atom is 0.250 e. The molecule has 1 aromatic heterocycles. The van der Waals surface area contributed by atoms with Crippen LogP contribution in [0.25, 0.3) is 11.4 Å². The highest BCUT2D eigenvalue weighted by Gasteiger charge is 2.24. The first kappa shape index (κ1) is 27.2. The largest absolute Gasteiger partial charge is 0.494 e. The predicted octanol–water partition coefficient (Wildman–Crippen LogP) is 6.92. The monoisotopic (exact) mass is 539 g/mol. The number of thioether (sulfide) groups is 1. The molecule has 0 radical (unpaired) electrons. The van der Waals surface area contributed by atoms with Gasteiger partial charge in [-0.1, -0.05) is 62.4 Å². The van der Waals surface area contributed by atoms with E-state index >= 15 is 0 Å². The maximum absolute atomic E-state index is 12.5. The molecule has 7 nitrogen and oxygen atoms in total. The summed E-state index contributed by atoms with van der Waals surface area (Å²) in [4.78, 5) is 12.5. The zero-order valence-electron chi connectivity index (χ0n) is 21.2. The Morgan fingerprint density at radius 2 is 1.86 bits per heavy atom. The standard InChI is InChI=1S/C28H34ClN5O2S/c1-2-3-7-18-36-25-16-10-21(11-17-25)19-30-31-26(35)20-37-28-33-32-27(22-12-14-23(29)15-13-22)34(28)24-8-5-4-6-9-24/h10-17,19,24H,2-9,18,20H2,1H3,(H,31,35)/b30-19-. The zero-order chi connectivity index (χ0) is 25.9. The lowest BCUT2D eigenvalue weighted by Gasteiger charge is -2.25. The van der Waals surface area contributed by atoms with E-state index in [1.165, 1.54) is 43.9 Å². The molecular formula is C28H34ClN5O2S. The SMILES string of the molecule is CCCCCOc1ccc(/C=N\NC(=O)CSc2nnc(-c3ccc(Cl)cc3)n2C2CCCCC2)cc1. The minimum Gasteiger partial charge on any atom is -0.494 e. The van der Waals surface area contributed by atoms with Crippen molar-refractivity contribution in [3.63, 3.8) is 0 Å². The van der Waals surface area contributed by atoms with Crippen LogP contribution in [0.2, 0.25) is 5.02 Å². The van der Waals surface area contributed by atoms with Gasteiger partial charge in [0.2, 0.25) is 0 Å². The van der Waals surface area contributed by atoms with Gasteiger partial charge in [0.15, 0.2) is 11.0 Å². The highest BCUT2D eigenvalue weighted by molar-refractivity contribution is 7.99. The van der Waals surface area contributed by atoms with Crippen molar-refractivity contribution in [2.75, 3.05) is 12.4 Å². The minimum absolute atomic E-state index is 0.191. The molecule has 1 amide bonds. The second-order valence-corrected chi connectivity index (χ2v) is 10.6. The van der Waals surface area contributed by atoms with E-state index in [9.17, 15) is 4.79 Å². The van der Waals surface area contributed by atoms with Crippen molar-refractivity contribution >= 4 is 35.5 Å². The van der Waals surface area contributed by atoms with Crippen LogP contribution in [-0.4, -0.2) is 39.2 Å². The van der Waals surface area contributed by atoms with E-state index in [0.29, 0.717) is 11.1 Å². The van der Waals surface area contributed by atoms with Gasteiger partial charge in [-0.05, 0) is 73.4 Å². The number of hydrogen-bond acceptors (Lipinski definition) is 6. The van der Waals surface area contributed by atoms with Crippen LogP contribution in [0.1, 0.15) is 69.9 Å². The summed E-state index contributed by atoms with van der Waals surface area (Å²) >= 11 is 7.47. The second kappa shape index (κ2) is 14.2. The van der Waals surface area contributed by atoms with Crippen molar-refractivity contribution in [1.29, 1.82) is 0 Å². The molecule has 1 heterocycles. The Balaban J connectivity index is 1.33. The molecule has 0 bridgehead atoms. The molecule has 0 spiro atoms. The Labute approximate surface area is 228 Å². The van der Waals surface area contributed by atoms with Crippen LogP contribution in [0, 0.1) is 0 Å². The fourth-order valence-electron chi connectivity index (χ4n) is 4.37. The number of hydrogen-bond donors (Lipinski definition) is 1. The van der Waals surface area contributed by atoms with E-state index in [4.69, 9.17) is 16.3 Å². The zero-order valence-corrected chi connectivity index (χ0v) is 22.8. The third-order valence-electron chi connectivity index (χ3n) is 6.34. The van der Waals surface area contributed by atoms with Crippen LogP contribution in [0.4, 0.5) is 0 Å². The summed E-state index contributed by atoms with van der Waals surface area (Å²) in [5.74, 6) is 1.67. The number of rotatable bonds is 12. The summed E-state index contributed by atoms with van der Waals surface area (Å²) in [6, 6.07) is 15.7. The van der Waals surface area contributed by atoms with E-state index in [-0.39, 0.29) is 11.7 Å². The Bertz CT molecular complexity index is 1160. The minimum atomic E-state index is -0.191. The van der Waals surface area contributed by atoms with Crippen LogP contribution >= 0.6 is 23.4 Å². The number of benzene rings is 2. The van der Waals surface area contributed by atoms with Crippen LogP contribution in [0.5, 0.6) is 5.75 Å². The molecule has 196 valence electrons. The number of ether oxygens (including phenoxy) is 1. The first-order valence-corrected chi connectivity index (χ1v) is 14.4. The molecule has 1 N–H and O–H groups in total. The third kappa shape index (κ3) is 8.07. The smallest absolute Gasteiger partial charge is 0.250 e. The Morgan fingerprint density at radius 1 is 1.11 bits per heavy atom. The summed E-state index contributed by atoms with van der Waals surface area (Å²) < 4.78 is 7.94. The van der Waals surface area contributed by atoms with E-state index in [0.717, 1.165) is 53.7 Å². The molecule has 1 aliphatic rings. The van der Waals surface area contributed by atoms with Crippen molar-refractivity contribution < 1.29 is 9.53 Å². The van der Waals surface area contributed by atoms with Crippen molar-refractivity contribution in [2.45, 2.75) is 69.5 Å². The summed E-state index contributed by atoms with van der Waals surface area (Å²) in [6.45, 7) is 2.90. The van der Waals surface area contributed by atoms with Gasteiger partial charge < -0.3 is 4.74 Å². The predicted molar refractivity (Wildman–Crippen MR) is 151 cm³/mol. The first-order chi connectivity index (χ1) is 18.1. The van der Waals surface area contributed by atoms with Gasteiger partial charge in [-0.15, -0.1) is 10.2 Å². The topological polar surface area (TPSA) is 81.4 Å². The van der Waals surface area contributed by atoms with E-state index in [1.54, 1.807) is 6.21 Å². The molecule has 1 fully saturated rings. The molecule has 1 saturated carbocycles. The van der Waals surface area contributed by atoms with E-state index in [1.807, 2.05) is 48.5 Å². The lowest BCUT2D eigenvalue weighted by molar-refractivity contribution is -0.118. The molecule has 0 aliphatic heterocycles. The van der Waals surface area contributed by atoms with Gasteiger partial charge in [-0.2, -0.15) is 5.10 Å². The van der Waals surface area contributed by atoms with Crippen LogP contribution in [0.15, 0.2) is 58.8 Å². The number of nitrogens with one attached hydrogen (secondary N) is 1. The summed E-state index contributed by atoms with van der Waals surface area (Å²) in [5, 5.41) is 14.5. The van der Waals surface area contributed by atoms with E-state index < -0.39 is 0 Å². The van der Waals surface area contributed by atoms with Gasteiger partial charge in [0.05, 0.1) is 18.6 Å². The summed E-state index contributed by atoms with van der Waals surface area (Å²) in [6.07, 6.45) is 10.8. The molecule has 0 unspecified atom stereocenters. The number of nitrogens with zero attached hydrogens (tertiary/aromatic N) is 4. The van der Waals surface area contributed by atoms with Crippen LogP contribution < -0.4 is 10.2 Å². The van der Waals surface area contributed by atoms with Crippen molar-refractivity contribution in [2.24, 2.45) is 5.10 Å². The molecule has 37 heavy (non-hydrogen) atoms. The fourth-order valence-corrected chi connectivity index (χ4v) is 5.30. The molecule has 0 atom stereocenters. The summed E-state index contributed by atoms with van der Waals surface area (Å²) in [5.41, 5.74) is 4.47. The Hall–Kier alpha value is -2.84. The van der Waals surface area contributed by atoms with Crippen molar-refractivity contribution in [3.05, 3.63) is 59.1 Å². The van der Waals surface area contributed by atoms with Crippen molar-refractivity contribution in [1.82, 2.24) is 20.2 Å². The Kier molecular flexibility index (Phi) is 10.4. The maximum atomic E-state index is 12.5. The lowest BCUT2D eigenvalue weighted by Crippen LogP contribution is -2.20. The number of hydrazone groups is 1. The highest BCUT2D eigenvalue weighted by Crippen LogP contribution is 2.35. The number of aromatic nitrogens is 3. The van der Waals surface area contributed by atoms with Crippen LogP contribution in [-0.2, 0) is 4.79 Å². The highest BCUT2D eigenvalue weighted by atomic mass is 35.5. The van der Waals surface area contributed by atoms with Crippen molar-refractivity contribution in [3.8, 4) is 17.1 Å². The molecule has 9 heteroatoms. The number of halogens is 1. The number of amides is 1. The average molecular weight is 540 g/mol. The molecular weight excluding hydrogens is 506 g/mol. The van der Waals surface area contributed by atoms with E-state index in [2.05, 4.69) is 32.2 Å². The lowest BCUT2D eigenvalue weighted by atomic mass is 9.95. The fraction of sp³-hybridized carbons (Fsp3) is 0.429. The molecule has 0 saturated heterocycles. The average Bonchev–Trinajstić information content (AvgIpc) is 3.36. The number of unbranched alkanes of at least 4 members (excludes halogenated alkanes) is 2. The summed E-state index contributed by atoms with van der Waals surface area (Å²) in [7, 11) is 0. The van der Waals surface area contributed by atoms with Gasteiger partial charge in [-0.25, -0.2) is 5.43 Å². The molecule has 1 aliphatic carbocycles. The van der Waals surface area contributed by atoms with Gasteiger partial charge >= 0.3 is 0 Å². The first-order valence-electron chi connectivity index (χ1n) is 13.0. The molecule has 2 aromatic carbocycles. The number of carbonyl (C=O) groups excluding carboxylic acids is 1. The normalized spacial score (nSPS) is 14.2. The van der Waals surface area contributed by atoms with Crippen LogP contribution in [0.3, 0.4) is 0 Å². The van der Waals surface area contributed by atoms with Gasteiger partial charge in [0.25, 0.3) is 5.91 Å². The van der Waals surface area contributed by atoms with Gasteiger partial charge in [0.1, 0.15) is 5.75 Å². The quantitative estimate of drug-likeness (QED) is 0.117.